The highest BCUT2D eigenvalue weighted by molar-refractivity contribution is 6.35. The fraction of sp³-hybridized carbons (Fsp3) is 0.333. The highest BCUT2D eigenvalue weighted by atomic mass is 35.5. The largest absolute Gasteiger partial charge is 0.271 e. The lowest BCUT2D eigenvalue weighted by Gasteiger charge is -2.16. The summed E-state index contributed by atoms with van der Waals surface area (Å²) in [6.07, 6.45) is 1.60. The molecule has 0 saturated heterocycles. The summed E-state index contributed by atoms with van der Waals surface area (Å²) < 4.78 is 0. The van der Waals surface area contributed by atoms with Crippen molar-refractivity contribution in [3.63, 3.8) is 0 Å². The quantitative estimate of drug-likeness (QED) is 0.493. The fourth-order valence-corrected chi connectivity index (χ4v) is 1.99. The molecule has 0 amide bonds. The molecular formula is C12H14Cl2N2. The van der Waals surface area contributed by atoms with Gasteiger partial charge in [-0.05, 0) is 31.0 Å². The Balaban J connectivity index is 2.80. The van der Waals surface area contributed by atoms with Gasteiger partial charge < -0.3 is 0 Å². The van der Waals surface area contributed by atoms with E-state index in [4.69, 9.17) is 29.0 Å². The van der Waals surface area contributed by atoms with E-state index in [1.807, 2.05) is 13.0 Å². The number of hydrogen-bond donors (Lipinski definition) is 2. The molecule has 1 aromatic carbocycles. The molecule has 1 atom stereocenters. The Morgan fingerprint density at radius 3 is 2.75 bits per heavy atom. The highest BCUT2D eigenvalue weighted by Gasteiger charge is 2.12. The molecule has 0 heterocycles. The maximum absolute atomic E-state index is 6.10. The van der Waals surface area contributed by atoms with E-state index < -0.39 is 0 Å². The molecule has 2 nitrogen and oxygen atoms in total. The minimum atomic E-state index is 0.00520. The number of halogens is 2. The van der Waals surface area contributed by atoms with Gasteiger partial charge in [0, 0.05) is 22.5 Å². The van der Waals surface area contributed by atoms with Crippen molar-refractivity contribution >= 4 is 23.2 Å². The molecule has 0 saturated carbocycles. The van der Waals surface area contributed by atoms with Crippen LogP contribution in [0.1, 0.15) is 31.4 Å². The van der Waals surface area contributed by atoms with Crippen molar-refractivity contribution in [2.45, 2.75) is 25.8 Å². The van der Waals surface area contributed by atoms with Crippen LogP contribution in [0.15, 0.2) is 18.2 Å². The molecule has 0 aliphatic carbocycles. The Kier molecular flexibility index (Phi) is 5.65. The van der Waals surface area contributed by atoms with Gasteiger partial charge in [0.05, 0.1) is 0 Å². The second-order valence-corrected chi connectivity index (χ2v) is 4.19. The number of hydrazine groups is 1. The van der Waals surface area contributed by atoms with E-state index in [1.165, 1.54) is 0 Å². The summed E-state index contributed by atoms with van der Waals surface area (Å²) in [5, 5.41) is 1.25. The van der Waals surface area contributed by atoms with Crippen LogP contribution in [0.25, 0.3) is 0 Å². The van der Waals surface area contributed by atoms with Crippen LogP contribution in [-0.4, -0.2) is 0 Å². The summed E-state index contributed by atoms with van der Waals surface area (Å²) in [7, 11) is 0. The lowest BCUT2D eigenvalue weighted by atomic mass is 10.0. The van der Waals surface area contributed by atoms with Gasteiger partial charge in [0.25, 0.3) is 0 Å². The Bertz CT molecular complexity index is 407. The Labute approximate surface area is 106 Å². The monoisotopic (exact) mass is 256 g/mol. The zero-order valence-electron chi connectivity index (χ0n) is 9.06. The van der Waals surface area contributed by atoms with Gasteiger partial charge in [-0.15, -0.1) is 11.8 Å². The van der Waals surface area contributed by atoms with Crippen LogP contribution in [0.3, 0.4) is 0 Å². The van der Waals surface area contributed by atoms with Crippen molar-refractivity contribution in [1.82, 2.24) is 5.43 Å². The zero-order valence-corrected chi connectivity index (χ0v) is 10.6. The third kappa shape index (κ3) is 3.70. The SMILES string of the molecule is CC#CCCC(NN)c1ccc(Cl)cc1Cl. The minimum absolute atomic E-state index is 0.00520. The summed E-state index contributed by atoms with van der Waals surface area (Å²) in [4.78, 5) is 0. The maximum atomic E-state index is 6.10. The second kappa shape index (κ2) is 6.78. The molecule has 1 aromatic rings. The summed E-state index contributed by atoms with van der Waals surface area (Å²) in [5.41, 5.74) is 3.69. The number of benzene rings is 1. The summed E-state index contributed by atoms with van der Waals surface area (Å²) in [6.45, 7) is 1.82. The maximum Gasteiger partial charge on any atom is 0.0483 e. The van der Waals surface area contributed by atoms with Crippen LogP contribution in [-0.2, 0) is 0 Å². The standard InChI is InChI=1S/C12H14Cl2N2/c1-2-3-4-5-12(16-15)10-7-6-9(13)8-11(10)14/h6-8,12,16H,4-5,15H2,1H3. The molecule has 0 aromatic heterocycles. The smallest absolute Gasteiger partial charge is 0.0483 e. The molecule has 4 heteroatoms. The highest BCUT2D eigenvalue weighted by Crippen LogP contribution is 2.28. The normalized spacial score (nSPS) is 11.8. The molecule has 3 N–H and O–H groups in total. The van der Waals surface area contributed by atoms with Gasteiger partial charge in [0.2, 0.25) is 0 Å². The van der Waals surface area contributed by atoms with E-state index in [1.54, 1.807) is 12.1 Å². The van der Waals surface area contributed by atoms with E-state index in [-0.39, 0.29) is 6.04 Å². The van der Waals surface area contributed by atoms with E-state index in [0.717, 1.165) is 18.4 Å². The lowest BCUT2D eigenvalue weighted by molar-refractivity contribution is 0.524. The predicted molar refractivity (Wildman–Crippen MR) is 69.2 cm³/mol. The third-order valence-corrected chi connectivity index (χ3v) is 2.84. The molecule has 0 radical (unpaired) electrons. The number of rotatable bonds is 4. The van der Waals surface area contributed by atoms with Gasteiger partial charge in [0.1, 0.15) is 0 Å². The van der Waals surface area contributed by atoms with Gasteiger partial charge in [-0.25, -0.2) is 0 Å². The lowest BCUT2D eigenvalue weighted by Crippen LogP contribution is -2.28. The van der Waals surface area contributed by atoms with E-state index in [9.17, 15) is 0 Å². The van der Waals surface area contributed by atoms with E-state index in [2.05, 4.69) is 17.3 Å². The summed E-state index contributed by atoms with van der Waals surface area (Å²) >= 11 is 11.9. The Morgan fingerprint density at radius 1 is 1.44 bits per heavy atom. The average molecular weight is 257 g/mol. The predicted octanol–water partition coefficient (Wildman–Crippen LogP) is 3.30. The van der Waals surface area contributed by atoms with Crippen molar-refractivity contribution in [3.8, 4) is 11.8 Å². The Hall–Kier alpha value is -0.720. The van der Waals surface area contributed by atoms with Gasteiger partial charge in [-0.2, -0.15) is 0 Å². The van der Waals surface area contributed by atoms with Crippen LogP contribution in [0, 0.1) is 11.8 Å². The van der Waals surface area contributed by atoms with Crippen molar-refractivity contribution in [3.05, 3.63) is 33.8 Å². The summed E-state index contributed by atoms with van der Waals surface area (Å²) in [5.74, 6) is 11.4. The topological polar surface area (TPSA) is 38.0 Å². The number of nitrogens with two attached hydrogens (primary N) is 1. The molecule has 1 rings (SSSR count). The van der Waals surface area contributed by atoms with Gasteiger partial charge >= 0.3 is 0 Å². The molecule has 0 aliphatic rings. The molecule has 86 valence electrons. The summed E-state index contributed by atoms with van der Waals surface area (Å²) in [6, 6.07) is 5.41. The molecule has 0 bridgehead atoms. The minimum Gasteiger partial charge on any atom is -0.271 e. The van der Waals surface area contributed by atoms with Crippen LogP contribution in [0.5, 0.6) is 0 Å². The molecule has 16 heavy (non-hydrogen) atoms. The second-order valence-electron chi connectivity index (χ2n) is 3.35. The molecule has 0 fully saturated rings. The number of hydrogen-bond acceptors (Lipinski definition) is 2. The third-order valence-electron chi connectivity index (χ3n) is 2.27. The Morgan fingerprint density at radius 2 is 2.19 bits per heavy atom. The first-order chi connectivity index (χ1) is 7.69. The van der Waals surface area contributed by atoms with Crippen molar-refractivity contribution in [2.75, 3.05) is 0 Å². The molecule has 0 aliphatic heterocycles. The number of nitrogens with one attached hydrogen (secondary N) is 1. The van der Waals surface area contributed by atoms with Crippen LogP contribution in [0.4, 0.5) is 0 Å². The van der Waals surface area contributed by atoms with Crippen molar-refractivity contribution in [2.24, 2.45) is 5.84 Å². The van der Waals surface area contributed by atoms with E-state index in [0.29, 0.717) is 10.0 Å². The van der Waals surface area contributed by atoms with Crippen molar-refractivity contribution < 1.29 is 0 Å². The van der Waals surface area contributed by atoms with Gasteiger partial charge in [-0.1, -0.05) is 29.3 Å². The first-order valence-electron chi connectivity index (χ1n) is 4.99. The van der Waals surface area contributed by atoms with Gasteiger partial charge in [0.15, 0.2) is 0 Å². The molecular weight excluding hydrogens is 243 g/mol. The first-order valence-corrected chi connectivity index (χ1v) is 5.75. The molecule has 1 unspecified atom stereocenters. The van der Waals surface area contributed by atoms with E-state index >= 15 is 0 Å². The fourth-order valence-electron chi connectivity index (χ4n) is 1.45. The average Bonchev–Trinajstić information content (AvgIpc) is 2.26. The molecule has 0 spiro atoms. The van der Waals surface area contributed by atoms with Crippen LogP contribution < -0.4 is 11.3 Å². The zero-order chi connectivity index (χ0) is 12.0. The van der Waals surface area contributed by atoms with Crippen LogP contribution >= 0.6 is 23.2 Å². The van der Waals surface area contributed by atoms with Crippen LogP contribution in [0.2, 0.25) is 10.0 Å². The first kappa shape index (κ1) is 13.3. The van der Waals surface area contributed by atoms with Crippen molar-refractivity contribution in [1.29, 1.82) is 0 Å². The van der Waals surface area contributed by atoms with Gasteiger partial charge in [-0.3, -0.25) is 11.3 Å².